The Labute approximate surface area is 181 Å². The smallest absolute Gasteiger partial charge is 0.329 e. The molecule has 1 saturated carbocycles. The lowest BCUT2D eigenvalue weighted by Crippen LogP contribution is -2.53. The Bertz CT molecular complexity index is 897. The van der Waals surface area contributed by atoms with Crippen LogP contribution in [-0.2, 0) is 29.9 Å². The Kier molecular flexibility index (Phi) is 7.19. The number of nitrogens with one attached hydrogen (secondary N) is 1. The number of carbonyl (C=O) groups excluding carboxylic acids is 2. The number of aliphatic carboxylic acids is 1. The molecule has 170 valence electrons. The predicted molar refractivity (Wildman–Crippen MR) is 114 cm³/mol. The number of anilines is 1. The van der Waals surface area contributed by atoms with E-state index in [1.165, 1.54) is 4.90 Å². The highest BCUT2D eigenvalue weighted by Gasteiger charge is 2.47. The van der Waals surface area contributed by atoms with Gasteiger partial charge in [-0.05, 0) is 44.2 Å². The number of carbonyl (C=O) groups is 3. The van der Waals surface area contributed by atoms with Crippen LogP contribution in [0.4, 0.5) is 5.69 Å². The third-order valence-corrected chi connectivity index (χ3v) is 7.69. The lowest BCUT2D eigenvalue weighted by atomic mass is 9.87. The summed E-state index contributed by atoms with van der Waals surface area (Å²) in [6.07, 6.45) is 2.89. The van der Waals surface area contributed by atoms with Crippen LogP contribution in [0.1, 0.15) is 44.6 Å². The molecule has 0 saturated heterocycles. The van der Waals surface area contributed by atoms with Crippen molar-refractivity contribution in [3.63, 3.8) is 0 Å². The molecule has 1 fully saturated rings. The van der Waals surface area contributed by atoms with Gasteiger partial charge in [0, 0.05) is 5.69 Å². The first-order valence-electron chi connectivity index (χ1n) is 10.6. The van der Waals surface area contributed by atoms with Crippen molar-refractivity contribution in [1.82, 2.24) is 5.32 Å². The van der Waals surface area contributed by atoms with Gasteiger partial charge in [-0.3, -0.25) is 23.8 Å². The first kappa shape index (κ1) is 23.4. The summed E-state index contributed by atoms with van der Waals surface area (Å²) in [4.78, 5) is 49.2. The molecular formula is C21H29N2O7P. The Morgan fingerprint density at radius 1 is 1.29 bits per heavy atom. The van der Waals surface area contributed by atoms with Gasteiger partial charge in [0.05, 0.1) is 18.2 Å². The predicted octanol–water partition coefficient (Wildman–Crippen LogP) is 2.32. The van der Waals surface area contributed by atoms with Gasteiger partial charge < -0.3 is 19.8 Å². The highest BCUT2D eigenvalue weighted by atomic mass is 31.2. The van der Waals surface area contributed by atoms with Gasteiger partial charge in [-0.15, -0.1) is 0 Å². The van der Waals surface area contributed by atoms with Crippen LogP contribution in [0.2, 0.25) is 0 Å². The molecule has 0 bridgehead atoms. The summed E-state index contributed by atoms with van der Waals surface area (Å²) < 4.78 is 17.4. The van der Waals surface area contributed by atoms with E-state index < -0.39 is 43.4 Å². The number of carboxylic acid groups (broad SMARTS) is 1. The number of nitrogens with zero attached hydrogens (tertiary/aromatic N) is 1. The molecule has 9 nitrogen and oxygen atoms in total. The zero-order valence-corrected chi connectivity index (χ0v) is 18.5. The van der Waals surface area contributed by atoms with Crippen molar-refractivity contribution in [2.45, 2.75) is 51.5 Å². The quantitative estimate of drug-likeness (QED) is 0.516. The van der Waals surface area contributed by atoms with Gasteiger partial charge in [0.15, 0.2) is 0 Å². The summed E-state index contributed by atoms with van der Waals surface area (Å²) in [5.41, 5.74) is 0.287. The summed E-state index contributed by atoms with van der Waals surface area (Å²) in [6.45, 7) is 1.17. The third-order valence-electron chi connectivity index (χ3n) is 6.02. The molecule has 1 aromatic carbocycles. The van der Waals surface area contributed by atoms with Gasteiger partial charge in [0.1, 0.15) is 12.6 Å². The molecule has 2 amide bonds. The molecular weight excluding hydrogens is 423 g/mol. The fourth-order valence-electron chi connectivity index (χ4n) is 4.60. The number of fused-ring (bicyclic) bond motifs is 1. The van der Waals surface area contributed by atoms with Crippen molar-refractivity contribution in [3.8, 4) is 0 Å². The second kappa shape index (κ2) is 9.51. The number of carboxylic acids is 1. The van der Waals surface area contributed by atoms with Gasteiger partial charge in [-0.2, -0.15) is 0 Å². The molecule has 10 heteroatoms. The van der Waals surface area contributed by atoms with Gasteiger partial charge in [-0.1, -0.05) is 31.0 Å². The Morgan fingerprint density at radius 2 is 1.97 bits per heavy atom. The third kappa shape index (κ3) is 5.34. The van der Waals surface area contributed by atoms with Crippen LogP contribution in [0.3, 0.4) is 0 Å². The van der Waals surface area contributed by atoms with Crippen LogP contribution in [0.5, 0.6) is 0 Å². The second-order valence-corrected chi connectivity index (χ2v) is 10.1. The summed E-state index contributed by atoms with van der Waals surface area (Å²) in [7, 11) is -3.95. The molecule has 2 atom stereocenters. The number of hydrogen-bond donors (Lipinski definition) is 3. The van der Waals surface area contributed by atoms with E-state index >= 15 is 0 Å². The van der Waals surface area contributed by atoms with E-state index in [1.807, 2.05) is 12.1 Å². The molecule has 2 aliphatic rings. The normalized spacial score (nSPS) is 22.3. The van der Waals surface area contributed by atoms with Crippen molar-refractivity contribution >= 4 is 31.1 Å². The molecule has 1 heterocycles. The number of para-hydroxylation sites is 1. The SMILES string of the molecule is CCOP(=O)(O)CC1(C(=O)NC2CCc3ccccc3N(CC(=O)O)C2=O)CCCC1. The maximum atomic E-state index is 13.3. The second-order valence-electron chi connectivity index (χ2n) is 8.21. The minimum Gasteiger partial charge on any atom is -0.480 e. The average molecular weight is 452 g/mol. The van der Waals surface area contributed by atoms with Crippen molar-refractivity contribution in [1.29, 1.82) is 0 Å². The number of hydrogen-bond acceptors (Lipinski definition) is 5. The summed E-state index contributed by atoms with van der Waals surface area (Å²) in [5, 5.41) is 12.1. The maximum Gasteiger partial charge on any atom is 0.329 e. The van der Waals surface area contributed by atoms with Crippen LogP contribution in [0.25, 0.3) is 0 Å². The monoisotopic (exact) mass is 452 g/mol. The van der Waals surface area contributed by atoms with Crippen LogP contribution in [-0.4, -0.2) is 53.1 Å². The molecule has 31 heavy (non-hydrogen) atoms. The highest BCUT2D eigenvalue weighted by Crippen LogP contribution is 2.53. The van der Waals surface area contributed by atoms with Gasteiger partial charge in [0.25, 0.3) is 0 Å². The Balaban J connectivity index is 1.83. The number of aryl methyl sites for hydroxylation is 1. The summed E-state index contributed by atoms with van der Waals surface area (Å²) in [5.74, 6) is -2.09. The van der Waals surface area contributed by atoms with Gasteiger partial charge in [0.2, 0.25) is 11.8 Å². The average Bonchev–Trinajstić information content (AvgIpc) is 3.13. The molecule has 0 radical (unpaired) electrons. The minimum atomic E-state index is -3.95. The molecule has 1 aliphatic carbocycles. The van der Waals surface area contributed by atoms with E-state index in [2.05, 4.69) is 5.32 Å². The topological polar surface area (TPSA) is 133 Å². The van der Waals surface area contributed by atoms with E-state index in [4.69, 9.17) is 4.52 Å². The van der Waals surface area contributed by atoms with Crippen LogP contribution < -0.4 is 10.2 Å². The van der Waals surface area contributed by atoms with E-state index in [0.717, 1.165) is 18.4 Å². The Morgan fingerprint density at radius 3 is 2.61 bits per heavy atom. The molecule has 1 aliphatic heterocycles. The molecule has 0 aromatic heterocycles. The molecule has 3 N–H and O–H groups in total. The summed E-state index contributed by atoms with van der Waals surface area (Å²) >= 11 is 0. The van der Waals surface area contributed by atoms with Crippen molar-refractivity contribution in [2.75, 3.05) is 24.2 Å². The maximum absolute atomic E-state index is 13.3. The van der Waals surface area contributed by atoms with Crippen LogP contribution in [0, 0.1) is 5.41 Å². The summed E-state index contributed by atoms with van der Waals surface area (Å²) in [6, 6.07) is 6.18. The van der Waals surface area contributed by atoms with Crippen LogP contribution >= 0.6 is 7.60 Å². The van der Waals surface area contributed by atoms with E-state index in [-0.39, 0.29) is 12.8 Å². The number of rotatable bonds is 8. The van der Waals surface area contributed by atoms with E-state index in [0.29, 0.717) is 31.4 Å². The van der Waals surface area contributed by atoms with Gasteiger partial charge >= 0.3 is 13.6 Å². The number of benzene rings is 1. The zero-order valence-electron chi connectivity index (χ0n) is 17.6. The lowest BCUT2D eigenvalue weighted by molar-refractivity contribution is -0.137. The number of amides is 2. The van der Waals surface area contributed by atoms with Crippen molar-refractivity contribution in [2.24, 2.45) is 5.41 Å². The van der Waals surface area contributed by atoms with Crippen LogP contribution in [0.15, 0.2) is 24.3 Å². The largest absolute Gasteiger partial charge is 0.480 e. The molecule has 3 rings (SSSR count). The van der Waals surface area contributed by atoms with Crippen molar-refractivity contribution in [3.05, 3.63) is 29.8 Å². The molecule has 1 aromatic rings. The fourth-order valence-corrected chi connectivity index (χ4v) is 6.32. The highest BCUT2D eigenvalue weighted by molar-refractivity contribution is 7.52. The lowest BCUT2D eigenvalue weighted by Gasteiger charge is -2.32. The van der Waals surface area contributed by atoms with Crippen molar-refractivity contribution < 1.29 is 33.5 Å². The first-order valence-corrected chi connectivity index (χ1v) is 12.3. The molecule has 2 unspecified atom stereocenters. The first-order chi connectivity index (χ1) is 14.7. The van der Waals surface area contributed by atoms with Gasteiger partial charge in [-0.25, -0.2) is 0 Å². The Hall–Kier alpha value is -2.22. The molecule has 0 spiro atoms. The van der Waals surface area contributed by atoms with E-state index in [9.17, 15) is 28.9 Å². The van der Waals surface area contributed by atoms with E-state index in [1.54, 1.807) is 19.1 Å². The minimum absolute atomic E-state index is 0.0645. The fraction of sp³-hybridized carbons (Fsp3) is 0.571. The zero-order chi connectivity index (χ0) is 22.6. The standard InChI is InChI=1S/C21H29N2O7P/c1-2-30-31(28,29)14-21(11-5-6-12-21)20(27)22-16-10-9-15-7-3-4-8-17(15)23(19(16)26)13-18(24)25/h3-4,7-8,16H,2,5-6,9-14H2,1H3,(H,22,27)(H,24,25)(H,28,29).